The van der Waals surface area contributed by atoms with E-state index in [0.29, 0.717) is 22.0 Å². The molecule has 0 aliphatic rings. The Morgan fingerprint density at radius 2 is 1.71 bits per heavy atom. The van der Waals surface area contributed by atoms with Crippen molar-refractivity contribution < 1.29 is 21.9 Å². The maximum Gasteiger partial charge on any atom is 0.349 e. The second kappa shape index (κ2) is 8.18. The highest BCUT2D eigenvalue weighted by Crippen LogP contribution is 2.29. The van der Waals surface area contributed by atoms with Gasteiger partial charge in [0.05, 0.1) is 10.4 Å². The average molecular weight is 490 g/mol. The zero-order chi connectivity index (χ0) is 24.7. The number of aromatic nitrogens is 2. The molecule has 12 heteroatoms. The lowest BCUT2D eigenvalue weighted by Crippen LogP contribution is -2.10. The van der Waals surface area contributed by atoms with Crippen LogP contribution < -0.4 is 15.5 Å². The van der Waals surface area contributed by atoms with E-state index in [0.717, 1.165) is 24.3 Å². The van der Waals surface area contributed by atoms with Crippen LogP contribution in [-0.4, -0.2) is 23.3 Å². The topological polar surface area (TPSA) is 169 Å². The fourth-order valence-electron chi connectivity index (χ4n) is 3.50. The van der Waals surface area contributed by atoms with E-state index in [-0.39, 0.29) is 33.4 Å². The summed E-state index contributed by atoms with van der Waals surface area (Å²) in [6.45, 7) is 0. The van der Waals surface area contributed by atoms with Crippen LogP contribution in [0.1, 0.15) is 0 Å². The zero-order valence-electron chi connectivity index (χ0n) is 17.6. The van der Waals surface area contributed by atoms with Crippen molar-refractivity contribution >= 4 is 43.5 Å². The van der Waals surface area contributed by atoms with E-state index >= 15 is 0 Å². The van der Waals surface area contributed by atoms with Gasteiger partial charge in [-0.05, 0) is 36.4 Å². The molecule has 2 heterocycles. The molecule has 174 valence electrons. The Labute approximate surface area is 196 Å². The van der Waals surface area contributed by atoms with Crippen LogP contribution in [0.3, 0.4) is 0 Å². The molecule has 2 N–H and O–H groups in total. The van der Waals surface area contributed by atoms with Gasteiger partial charge in [0, 0.05) is 23.1 Å². The van der Waals surface area contributed by atoms with Crippen LogP contribution in [0.2, 0.25) is 0 Å². The summed E-state index contributed by atoms with van der Waals surface area (Å²) in [4.78, 5) is 31.0. The van der Waals surface area contributed by atoms with Crippen molar-refractivity contribution in [2.45, 2.75) is 4.90 Å². The van der Waals surface area contributed by atoms with Crippen molar-refractivity contribution in [1.82, 2.24) is 9.97 Å². The molecule has 0 amide bonds. The maximum absolute atomic E-state index is 12.7. The van der Waals surface area contributed by atoms with Gasteiger partial charge in [0.15, 0.2) is 5.82 Å². The molecule has 0 spiro atoms. The molecule has 0 aliphatic carbocycles. The molecule has 0 saturated heterocycles. The molecule has 0 radical (unpaired) electrons. The number of nitrogens with two attached hydrogens (primary N) is 1. The van der Waals surface area contributed by atoms with Gasteiger partial charge in [0.25, 0.3) is 5.69 Å². The Hall–Kier alpha value is -4.84. The van der Waals surface area contributed by atoms with Gasteiger partial charge in [0.2, 0.25) is 0 Å². The number of nitro benzene ring substituents is 1. The highest BCUT2D eigenvalue weighted by molar-refractivity contribution is 7.87. The lowest BCUT2D eigenvalue weighted by Gasteiger charge is -2.10. The molecule has 11 nitrogen and oxygen atoms in total. The molecule has 0 fully saturated rings. The Morgan fingerprint density at radius 1 is 0.971 bits per heavy atom. The molecule has 5 aromatic rings. The first kappa shape index (κ1) is 22.0. The first-order valence-corrected chi connectivity index (χ1v) is 11.4. The third-order valence-corrected chi connectivity index (χ3v) is 6.38. The number of hydrogen-bond donors (Lipinski definition) is 1. The summed E-state index contributed by atoms with van der Waals surface area (Å²) in [6, 6.07) is 17.1. The van der Waals surface area contributed by atoms with Crippen molar-refractivity contribution in [3.05, 3.63) is 93.3 Å². The van der Waals surface area contributed by atoms with Gasteiger partial charge in [-0.15, -0.1) is 0 Å². The fourth-order valence-corrected chi connectivity index (χ4v) is 4.42. The average Bonchev–Trinajstić information content (AvgIpc) is 2.83. The first-order valence-electron chi connectivity index (χ1n) is 10.0. The van der Waals surface area contributed by atoms with Crippen molar-refractivity contribution in [3.8, 4) is 17.1 Å². The van der Waals surface area contributed by atoms with E-state index in [1.54, 1.807) is 30.3 Å². The van der Waals surface area contributed by atoms with E-state index in [9.17, 15) is 23.3 Å². The summed E-state index contributed by atoms with van der Waals surface area (Å²) in [5, 5.41) is 11.4. The summed E-state index contributed by atoms with van der Waals surface area (Å²) in [5.74, 6) is 0.0128. The summed E-state index contributed by atoms with van der Waals surface area (Å²) < 4.78 is 35.8. The summed E-state index contributed by atoms with van der Waals surface area (Å²) in [7, 11) is -4.27. The highest BCUT2D eigenvalue weighted by Gasteiger charge is 2.20. The van der Waals surface area contributed by atoms with Gasteiger partial charge in [0.1, 0.15) is 27.4 Å². The normalized spacial score (nSPS) is 11.5. The molecule has 0 aliphatic heterocycles. The number of non-ortho nitro benzene ring substituents is 1. The Bertz CT molecular complexity index is 1800. The third-order valence-electron chi connectivity index (χ3n) is 5.12. The van der Waals surface area contributed by atoms with Gasteiger partial charge in [-0.1, -0.05) is 24.3 Å². The molecule has 3 aromatic carbocycles. The van der Waals surface area contributed by atoms with E-state index < -0.39 is 20.7 Å². The molecular weight excluding hydrogens is 476 g/mol. The number of nitrogen functional groups attached to an aromatic ring is 1. The second-order valence-electron chi connectivity index (χ2n) is 7.36. The van der Waals surface area contributed by atoms with Crippen molar-refractivity contribution in [2.24, 2.45) is 0 Å². The minimum atomic E-state index is -4.27. The number of fused-ring (bicyclic) bond motifs is 3. The summed E-state index contributed by atoms with van der Waals surface area (Å²) >= 11 is 0. The molecule has 5 rings (SSSR count). The van der Waals surface area contributed by atoms with Crippen molar-refractivity contribution in [2.75, 3.05) is 5.73 Å². The standard InChI is InChI=1S/C23H14N4O7S/c24-21-19-20(17-6-1-2-7-18(17)33-23(19)28)25-22(26-21)13-4-3-5-15(12-13)34-35(31,32)16-10-8-14(9-11-16)27(29)30/h1-12H,(H2,24,25,26). The van der Waals surface area contributed by atoms with Crippen molar-refractivity contribution in [1.29, 1.82) is 0 Å². The molecular formula is C23H14N4O7S. The van der Waals surface area contributed by atoms with Crippen LogP contribution >= 0.6 is 0 Å². The van der Waals surface area contributed by atoms with Gasteiger partial charge in [-0.3, -0.25) is 10.1 Å². The van der Waals surface area contributed by atoms with Crippen LogP contribution in [0.5, 0.6) is 5.75 Å². The Kier molecular flexibility index (Phi) is 5.14. The Morgan fingerprint density at radius 3 is 2.46 bits per heavy atom. The second-order valence-corrected chi connectivity index (χ2v) is 8.90. The van der Waals surface area contributed by atoms with Crippen LogP contribution in [0.4, 0.5) is 11.5 Å². The molecule has 0 atom stereocenters. The lowest BCUT2D eigenvalue weighted by molar-refractivity contribution is -0.384. The largest absolute Gasteiger partial charge is 0.422 e. The predicted molar refractivity (Wildman–Crippen MR) is 126 cm³/mol. The van der Waals surface area contributed by atoms with Crippen LogP contribution in [0, 0.1) is 10.1 Å². The first-order chi connectivity index (χ1) is 16.7. The summed E-state index contributed by atoms with van der Waals surface area (Å²) in [5.41, 5.74) is 6.14. The van der Waals surface area contributed by atoms with Crippen LogP contribution in [0.25, 0.3) is 33.3 Å². The molecule has 35 heavy (non-hydrogen) atoms. The SMILES string of the molecule is Nc1nc(-c2cccc(OS(=O)(=O)c3ccc([N+](=O)[O-])cc3)c2)nc2c1c(=O)oc1ccccc12. The fraction of sp³-hybridized carbons (Fsp3) is 0. The van der Waals surface area contributed by atoms with Gasteiger partial charge in [-0.2, -0.15) is 8.42 Å². The van der Waals surface area contributed by atoms with Crippen LogP contribution in [0.15, 0.2) is 86.9 Å². The molecule has 0 bridgehead atoms. The monoisotopic (exact) mass is 490 g/mol. The quantitative estimate of drug-likeness (QED) is 0.126. The van der Waals surface area contributed by atoms with Crippen LogP contribution in [-0.2, 0) is 10.1 Å². The molecule has 0 unspecified atom stereocenters. The zero-order valence-corrected chi connectivity index (χ0v) is 18.4. The van der Waals surface area contributed by atoms with Crippen molar-refractivity contribution in [3.63, 3.8) is 0 Å². The van der Waals surface area contributed by atoms with Gasteiger partial charge >= 0.3 is 15.7 Å². The van der Waals surface area contributed by atoms with E-state index in [1.807, 2.05) is 0 Å². The number of benzene rings is 3. The molecule has 2 aromatic heterocycles. The number of para-hydroxylation sites is 1. The number of nitro groups is 1. The number of hydrogen-bond acceptors (Lipinski definition) is 10. The third kappa shape index (κ3) is 4.02. The van der Waals surface area contributed by atoms with E-state index in [1.165, 1.54) is 18.2 Å². The predicted octanol–water partition coefficient (Wildman–Crippen LogP) is 3.66. The number of rotatable bonds is 5. The van der Waals surface area contributed by atoms with Gasteiger partial charge < -0.3 is 14.3 Å². The number of anilines is 1. The van der Waals surface area contributed by atoms with E-state index in [4.69, 9.17) is 14.3 Å². The maximum atomic E-state index is 12.7. The number of nitrogens with zero attached hydrogens (tertiary/aromatic N) is 3. The van der Waals surface area contributed by atoms with E-state index in [2.05, 4.69) is 9.97 Å². The smallest absolute Gasteiger partial charge is 0.349 e. The summed E-state index contributed by atoms with van der Waals surface area (Å²) in [6.07, 6.45) is 0. The lowest BCUT2D eigenvalue weighted by atomic mass is 10.1. The molecule has 0 saturated carbocycles. The highest BCUT2D eigenvalue weighted by atomic mass is 32.2. The Balaban J connectivity index is 1.56. The van der Waals surface area contributed by atoms with Gasteiger partial charge in [-0.25, -0.2) is 14.8 Å². The minimum Gasteiger partial charge on any atom is -0.422 e. The minimum absolute atomic E-state index is 0.0412.